The van der Waals surface area contributed by atoms with Crippen molar-refractivity contribution in [3.05, 3.63) is 60.3 Å². The Morgan fingerprint density at radius 1 is 1.12 bits per heavy atom. The fraction of sp³-hybridized carbons (Fsp3) is 0.458. The molecule has 0 rings (SSSR count). The van der Waals surface area contributed by atoms with Crippen LogP contribution in [0.4, 0.5) is 0 Å². The van der Waals surface area contributed by atoms with Gasteiger partial charge in [-0.05, 0) is 38.2 Å². The molecule has 0 aliphatic carbocycles. The van der Waals surface area contributed by atoms with Gasteiger partial charge in [-0.15, -0.1) is 0 Å². The zero-order valence-electron chi connectivity index (χ0n) is 19.0. The minimum absolute atomic E-state index is 0.0610. The molecule has 0 aliphatic heterocycles. The molecule has 2 atom stereocenters. The first-order valence-electron chi connectivity index (χ1n) is 10.8. The minimum Gasteiger partial charge on any atom is -0.481 e. The van der Waals surface area contributed by atoms with Gasteiger partial charge >= 0.3 is 5.97 Å². The summed E-state index contributed by atoms with van der Waals surface area (Å²) in [6, 6.07) is -1.01. The largest absolute Gasteiger partial charge is 0.481 e. The summed E-state index contributed by atoms with van der Waals surface area (Å²) in [7, 11) is 0. The molecular formula is C24H37N3O5. The van der Waals surface area contributed by atoms with E-state index >= 15 is 0 Å². The highest BCUT2D eigenvalue weighted by Gasteiger charge is 2.21. The van der Waals surface area contributed by atoms with Gasteiger partial charge in [-0.25, -0.2) is 0 Å². The molecule has 0 aromatic carbocycles. The monoisotopic (exact) mass is 447 g/mol. The van der Waals surface area contributed by atoms with Gasteiger partial charge in [0.05, 0.1) is 6.54 Å². The number of nitrogens with one attached hydrogen (secondary N) is 2. The van der Waals surface area contributed by atoms with Crippen molar-refractivity contribution >= 4 is 17.8 Å². The number of hydrogen-bond donors (Lipinski definition) is 5. The van der Waals surface area contributed by atoms with Crippen LogP contribution in [0, 0.1) is 0 Å². The topological polar surface area (TPSA) is 142 Å². The number of aliphatic hydroxyl groups is 1. The van der Waals surface area contributed by atoms with Crippen LogP contribution in [0.15, 0.2) is 60.3 Å². The van der Waals surface area contributed by atoms with Crippen molar-refractivity contribution in [3.63, 3.8) is 0 Å². The van der Waals surface area contributed by atoms with Gasteiger partial charge in [0, 0.05) is 12.8 Å². The highest BCUT2D eigenvalue weighted by molar-refractivity contribution is 5.88. The van der Waals surface area contributed by atoms with E-state index in [-0.39, 0.29) is 31.7 Å². The van der Waals surface area contributed by atoms with Crippen LogP contribution in [0.25, 0.3) is 0 Å². The lowest BCUT2D eigenvalue weighted by Crippen LogP contribution is -2.49. The molecule has 1 unspecified atom stereocenters. The van der Waals surface area contributed by atoms with E-state index in [2.05, 4.69) is 17.2 Å². The van der Waals surface area contributed by atoms with Crippen molar-refractivity contribution in [1.82, 2.24) is 10.6 Å². The van der Waals surface area contributed by atoms with Crippen molar-refractivity contribution in [2.45, 2.75) is 64.6 Å². The smallest absolute Gasteiger partial charge is 0.303 e. The lowest BCUT2D eigenvalue weighted by Gasteiger charge is -2.18. The lowest BCUT2D eigenvalue weighted by atomic mass is 10.0. The average molecular weight is 448 g/mol. The Hall–Kier alpha value is -2.97. The molecule has 2 amide bonds. The van der Waals surface area contributed by atoms with Crippen molar-refractivity contribution in [2.75, 3.05) is 6.54 Å². The molecule has 0 fully saturated rings. The summed E-state index contributed by atoms with van der Waals surface area (Å²) in [5.74, 6) is -2.02. The third-order valence-electron chi connectivity index (χ3n) is 4.29. The van der Waals surface area contributed by atoms with Crippen LogP contribution in [0.2, 0.25) is 0 Å². The lowest BCUT2D eigenvalue weighted by molar-refractivity contribution is -0.138. The van der Waals surface area contributed by atoms with Gasteiger partial charge in [-0.3, -0.25) is 14.4 Å². The Kier molecular flexibility index (Phi) is 16.0. The van der Waals surface area contributed by atoms with Crippen LogP contribution >= 0.6 is 0 Å². The number of carboxylic acid groups (broad SMARTS) is 1. The minimum atomic E-state index is -1.24. The number of aliphatic hydroxyl groups excluding tert-OH is 1. The van der Waals surface area contributed by atoms with E-state index < -0.39 is 24.1 Å². The number of rotatable bonds is 16. The van der Waals surface area contributed by atoms with Crippen LogP contribution in [-0.4, -0.2) is 46.8 Å². The fourth-order valence-electron chi connectivity index (χ4n) is 2.81. The summed E-state index contributed by atoms with van der Waals surface area (Å²) in [5.41, 5.74) is 7.31. The van der Waals surface area contributed by atoms with Gasteiger partial charge in [-0.1, -0.05) is 61.6 Å². The van der Waals surface area contributed by atoms with E-state index in [0.29, 0.717) is 6.42 Å². The average Bonchev–Trinajstić information content (AvgIpc) is 2.73. The second-order valence-corrected chi connectivity index (χ2v) is 7.14. The number of carbonyl (C=O) groups is 3. The van der Waals surface area contributed by atoms with Gasteiger partial charge in [0.1, 0.15) is 12.3 Å². The summed E-state index contributed by atoms with van der Waals surface area (Å²) in [5, 5.41) is 23.0. The molecule has 0 heterocycles. The zero-order valence-corrected chi connectivity index (χ0v) is 19.0. The van der Waals surface area contributed by atoms with Crippen LogP contribution in [0.3, 0.4) is 0 Å². The van der Waals surface area contributed by atoms with E-state index in [1.807, 2.05) is 50.3 Å². The maximum atomic E-state index is 12.4. The number of hydrogen-bond acceptors (Lipinski definition) is 5. The van der Waals surface area contributed by atoms with Crippen LogP contribution in [0.5, 0.6) is 0 Å². The number of aliphatic carboxylic acids is 1. The molecule has 0 radical (unpaired) electrons. The second kappa shape index (κ2) is 17.7. The van der Waals surface area contributed by atoms with Gasteiger partial charge in [0.15, 0.2) is 0 Å². The quantitative estimate of drug-likeness (QED) is 0.182. The molecule has 0 spiro atoms. The zero-order chi connectivity index (χ0) is 24.4. The van der Waals surface area contributed by atoms with Crippen molar-refractivity contribution < 1.29 is 24.6 Å². The number of amides is 2. The third-order valence-corrected chi connectivity index (χ3v) is 4.29. The number of nitrogens with two attached hydrogens (primary N) is 1. The molecule has 0 saturated heterocycles. The molecule has 8 nitrogen and oxygen atoms in total. The summed E-state index contributed by atoms with van der Waals surface area (Å²) in [4.78, 5) is 35.5. The standard InChI is InChI=1S/C24H37N3O5/c1-4-8-18(9-5-2)11-7-12-19(10-6-3)13-15-22(29)27-20(14-16-23(30)31)24(32)26-17-21(25)28/h4-5,7-10,12,20-21,28H,1,6,11,13-17,25H2,2-3H3,(H,26,32)(H,27,29)(H,30,31)/b9-5-,12-7-,18-8+,19-10+/t20-,21?/m0/s1. The van der Waals surface area contributed by atoms with Gasteiger partial charge in [-0.2, -0.15) is 0 Å². The fourth-order valence-corrected chi connectivity index (χ4v) is 2.81. The highest BCUT2D eigenvalue weighted by atomic mass is 16.4. The van der Waals surface area contributed by atoms with Crippen LogP contribution in [-0.2, 0) is 14.4 Å². The Morgan fingerprint density at radius 3 is 2.41 bits per heavy atom. The molecule has 0 aromatic heterocycles. The number of carboxylic acids is 1. The first-order valence-corrected chi connectivity index (χ1v) is 10.8. The Bertz CT molecular complexity index is 736. The van der Waals surface area contributed by atoms with Crippen molar-refractivity contribution in [1.29, 1.82) is 0 Å². The second-order valence-electron chi connectivity index (χ2n) is 7.14. The van der Waals surface area contributed by atoms with E-state index in [1.165, 1.54) is 0 Å². The van der Waals surface area contributed by atoms with Gasteiger partial charge in [0.2, 0.25) is 11.8 Å². The Balaban J connectivity index is 4.95. The van der Waals surface area contributed by atoms with Gasteiger partial charge < -0.3 is 26.6 Å². The molecule has 8 heteroatoms. The molecular weight excluding hydrogens is 410 g/mol. The maximum absolute atomic E-state index is 12.4. The molecule has 0 bridgehead atoms. The van der Waals surface area contributed by atoms with Crippen molar-refractivity contribution in [3.8, 4) is 0 Å². The Labute approximate surface area is 190 Å². The first kappa shape index (κ1) is 29.0. The highest BCUT2D eigenvalue weighted by Crippen LogP contribution is 2.12. The number of allylic oxidation sites excluding steroid dienone is 9. The van der Waals surface area contributed by atoms with E-state index in [4.69, 9.17) is 15.9 Å². The number of carbonyl (C=O) groups excluding carboxylic acids is 2. The SMILES string of the molecule is C=C/C=C(\C=C/C)C/C=C\C(=C/CC)CCC(=O)N[C@@H](CCC(=O)O)C(=O)NCC(N)O. The molecule has 0 aliphatic rings. The van der Waals surface area contributed by atoms with Crippen LogP contribution < -0.4 is 16.4 Å². The molecule has 178 valence electrons. The molecule has 0 saturated carbocycles. The molecule has 32 heavy (non-hydrogen) atoms. The van der Waals surface area contributed by atoms with E-state index in [1.54, 1.807) is 6.08 Å². The van der Waals surface area contributed by atoms with Crippen LogP contribution in [0.1, 0.15) is 52.4 Å². The van der Waals surface area contributed by atoms with Gasteiger partial charge in [0.25, 0.3) is 0 Å². The molecule has 0 aromatic rings. The summed E-state index contributed by atoms with van der Waals surface area (Å²) in [6.07, 6.45) is 14.3. The van der Waals surface area contributed by atoms with E-state index in [9.17, 15) is 14.4 Å². The Morgan fingerprint density at radius 2 is 1.84 bits per heavy atom. The predicted octanol–water partition coefficient (Wildman–Crippen LogP) is 2.48. The van der Waals surface area contributed by atoms with Crippen molar-refractivity contribution in [2.24, 2.45) is 5.73 Å². The third kappa shape index (κ3) is 14.9. The normalized spacial score (nSPS) is 14.4. The first-order chi connectivity index (χ1) is 15.2. The van der Waals surface area contributed by atoms with E-state index in [0.717, 1.165) is 24.0 Å². The predicted molar refractivity (Wildman–Crippen MR) is 126 cm³/mol. The summed E-state index contributed by atoms with van der Waals surface area (Å²) >= 11 is 0. The summed E-state index contributed by atoms with van der Waals surface area (Å²) in [6.45, 7) is 7.48. The summed E-state index contributed by atoms with van der Waals surface area (Å²) < 4.78 is 0. The maximum Gasteiger partial charge on any atom is 0.303 e. The molecule has 6 N–H and O–H groups in total.